The Morgan fingerprint density at radius 3 is 2.67 bits per heavy atom. The van der Waals surface area contributed by atoms with Crippen LogP contribution in [-0.4, -0.2) is 22.7 Å². The second kappa shape index (κ2) is 5.04. The molecule has 0 saturated heterocycles. The number of nitrogens with zero attached hydrogens (tertiary/aromatic N) is 1. The lowest BCUT2D eigenvalue weighted by atomic mass is 10.1. The molecule has 1 atom stereocenters. The van der Waals surface area contributed by atoms with Gasteiger partial charge in [0, 0.05) is 11.4 Å². The van der Waals surface area contributed by atoms with Gasteiger partial charge in [-0.1, -0.05) is 11.6 Å². The minimum atomic E-state index is -0.952. The van der Waals surface area contributed by atoms with Crippen molar-refractivity contribution in [2.45, 2.75) is 13.0 Å². The summed E-state index contributed by atoms with van der Waals surface area (Å²) in [5.41, 5.74) is 0. The second-order valence-corrected chi connectivity index (χ2v) is 4.40. The minimum Gasteiger partial charge on any atom is -0.394 e. The van der Waals surface area contributed by atoms with Crippen molar-refractivity contribution >= 4 is 28.2 Å². The van der Waals surface area contributed by atoms with Gasteiger partial charge in [0.05, 0.1) is 6.61 Å². The van der Waals surface area contributed by atoms with Crippen molar-refractivity contribution in [3.8, 4) is 0 Å². The number of fused-ring (bicyclic) bond motifs is 1. The van der Waals surface area contributed by atoms with Crippen molar-refractivity contribution in [1.29, 1.82) is 0 Å². The number of hydrogen-bond acceptors (Lipinski definition) is 3. The van der Waals surface area contributed by atoms with Crippen LogP contribution < -0.4 is 5.32 Å². The molecule has 2 rings (SSSR count). The largest absolute Gasteiger partial charge is 0.394 e. The highest BCUT2D eigenvalue weighted by Gasteiger charge is 2.11. The van der Waals surface area contributed by atoms with Crippen molar-refractivity contribution < 1.29 is 13.9 Å². The number of nitrogens with one attached hydrogen (secondary N) is 1. The summed E-state index contributed by atoms with van der Waals surface area (Å²) in [6, 6.07) is 3.30. The molecule has 96 valence electrons. The molecule has 0 radical (unpaired) electrons. The quantitative estimate of drug-likeness (QED) is 0.845. The summed E-state index contributed by atoms with van der Waals surface area (Å²) in [6.45, 7) is 1.62. The first-order valence-corrected chi connectivity index (χ1v) is 5.71. The third kappa shape index (κ3) is 2.52. The number of aliphatic hydroxyl groups excluding tert-OH is 1. The summed E-state index contributed by atoms with van der Waals surface area (Å²) < 4.78 is 26.4. The second-order valence-electron chi connectivity index (χ2n) is 4.01. The van der Waals surface area contributed by atoms with Crippen molar-refractivity contribution in [2.24, 2.45) is 0 Å². The maximum absolute atomic E-state index is 13.2. The van der Waals surface area contributed by atoms with Crippen LogP contribution in [0.5, 0.6) is 0 Å². The Morgan fingerprint density at radius 2 is 2.00 bits per heavy atom. The molecule has 2 N–H and O–H groups in total. The zero-order valence-electron chi connectivity index (χ0n) is 9.54. The monoisotopic (exact) mass is 272 g/mol. The molecule has 0 saturated carbocycles. The molecule has 1 aromatic carbocycles. The average Bonchev–Trinajstić information content (AvgIpc) is 2.31. The molecule has 0 aliphatic rings. The predicted octanol–water partition coefficient (Wildman–Crippen LogP) is 2.96. The fourth-order valence-corrected chi connectivity index (χ4v) is 1.81. The number of aliphatic hydroxyl groups is 1. The number of pyridine rings is 1. The Morgan fingerprint density at radius 1 is 1.33 bits per heavy atom. The number of hydrogen-bond donors (Lipinski definition) is 2. The van der Waals surface area contributed by atoms with Gasteiger partial charge in [0.25, 0.3) is 0 Å². The van der Waals surface area contributed by atoms with E-state index in [1.807, 2.05) is 0 Å². The van der Waals surface area contributed by atoms with Crippen LogP contribution in [0, 0.1) is 11.6 Å². The van der Waals surface area contributed by atoms with Gasteiger partial charge in [-0.3, -0.25) is 0 Å². The highest BCUT2D eigenvalue weighted by atomic mass is 35.5. The maximum Gasteiger partial charge on any atom is 0.159 e. The molecule has 0 aliphatic carbocycles. The van der Waals surface area contributed by atoms with Crippen LogP contribution in [0.15, 0.2) is 18.2 Å². The SMILES string of the molecule is CC(CO)Nc1nc(Cl)cc2cc(F)c(F)cc12. The third-order valence-electron chi connectivity index (χ3n) is 2.50. The molecular formula is C12H11ClF2N2O. The van der Waals surface area contributed by atoms with Gasteiger partial charge in [0.2, 0.25) is 0 Å². The first-order valence-electron chi connectivity index (χ1n) is 5.34. The van der Waals surface area contributed by atoms with Crippen LogP contribution in [-0.2, 0) is 0 Å². The molecule has 0 fully saturated rings. The van der Waals surface area contributed by atoms with E-state index in [1.165, 1.54) is 6.07 Å². The van der Waals surface area contributed by atoms with Crippen LogP contribution in [0.25, 0.3) is 10.8 Å². The van der Waals surface area contributed by atoms with E-state index in [9.17, 15) is 8.78 Å². The molecule has 0 aliphatic heterocycles. The zero-order valence-corrected chi connectivity index (χ0v) is 10.3. The lowest BCUT2D eigenvalue weighted by molar-refractivity contribution is 0.281. The van der Waals surface area contributed by atoms with E-state index < -0.39 is 11.6 Å². The van der Waals surface area contributed by atoms with Gasteiger partial charge in [0.15, 0.2) is 11.6 Å². The number of rotatable bonds is 3. The van der Waals surface area contributed by atoms with Gasteiger partial charge in [-0.15, -0.1) is 0 Å². The van der Waals surface area contributed by atoms with Crippen molar-refractivity contribution in [3.05, 3.63) is 35.0 Å². The molecule has 6 heteroatoms. The van der Waals surface area contributed by atoms with Crippen LogP contribution >= 0.6 is 11.6 Å². The van der Waals surface area contributed by atoms with E-state index in [-0.39, 0.29) is 17.8 Å². The number of aromatic nitrogens is 1. The fourth-order valence-electron chi connectivity index (χ4n) is 1.60. The molecule has 2 aromatic rings. The fraction of sp³-hybridized carbons (Fsp3) is 0.250. The van der Waals surface area contributed by atoms with Gasteiger partial charge in [0.1, 0.15) is 11.0 Å². The lowest BCUT2D eigenvalue weighted by Crippen LogP contribution is -2.20. The summed E-state index contributed by atoms with van der Waals surface area (Å²) in [6.07, 6.45) is 0. The number of halogens is 3. The smallest absolute Gasteiger partial charge is 0.159 e. The Kier molecular flexibility index (Phi) is 3.63. The highest BCUT2D eigenvalue weighted by molar-refractivity contribution is 6.30. The summed E-state index contributed by atoms with van der Waals surface area (Å²) >= 11 is 5.81. The average molecular weight is 273 g/mol. The van der Waals surface area contributed by atoms with E-state index in [4.69, 9.17) is 16.7 Å². The summed E-state index contributed by atoms with van der Waals surface area (Å²) in [7, 11) is 0. The van der Waals surface area contributed by atoms with Crippen molar-refractivity contribution in [1.82, 2.24) is 4.98 Å². The van der Waals surface area contributed by atoms with Gasteiger partial charge in [-0.05, 0) is 30.5 Å². The van der Waals surface area contributed by atoms with Crippen molar-refractivity contribution in [3.63, 3.8) is 0 Å². The molecule has 1 unspecified atom stereocenters. The predicted molar refractivity (Wildman–Crippen MR) is 66.8 cm³/mol. The Bertz CT molecular complexity index is 592. The number of benzene rings is 1. The maximum atomic E-state index is 13.2. The Balaban J connectivity index is 2.60. The summed E-state index contributed by atoms with van der Waals surface area (Å²) in [4.78, 5) is 4.01. The van der Waals surface area contributed by atoms with Gasteiger partial charge < -0.3 is 10.4 Å². The van der Waals surface area contributed by atoms with Crippen LogP contribution in [0.3, 0.4) is 0 Å². The molecule has 0 spiro atoms. The third-order valence-corrected chi connectivity index (χ3v) is 2.69. The minimum absolute atomic E-state index is 0.112. The van der Waals surface area contributed by atoms with Gasteiger partial charge in [-0.2, -0.15) is 0 Å². The van der Waals surface area contributed by atoms with Gasteiger partial charge >= 0.3 is 0 Å². The Labute approximate surface area is 107 Å². The highest BCUT2D eigenvalue weighted by Crippen LogP contribution is 2.27. The standard InChI is InChI=1S/C12H11ClF2N2O/c1-6(5-18)16-12-8-4-10(15)9(14)2-7(8)3-11(13)17-12/h2-4,6,18H,5H2,1H3,(H,16,17). The van der Waals surface area contributed by atoms with E-state index in [0.717, 1.165) is 12.1 Å². The van der Waals surface area contributed by atoms with Gasteiger partial charge in [-0.25, -0.2) is 13.8 Å². The molecule has 1 aromatic heterocycles. The molecule has 3 nitrogen and oxygen atoms in total. The zero-order chi connectivity index (χ0) is 13.3. The molecule has 1 heterocycles. The first-order chi connectivity index (χ1) is 8.51. The summed E-state index contributed by atoms with van der Waals surface area (Å²) in [5, 5.41) is 12.9. The normalized spacial score (nSPS) is 12.7. The van der Waals surface area contributed by atoms with E-state index in [2.05, 4.69) is 10.3 Å². The van der Waals surface area contributed by atoms with E-state index >= 15 is 0 Å². The molecule has 18 heavy (non-hydrogen) atoms. The van der Waals surface area contributed by atoms with Crippen LogP contribution in [0.2, 0.25) is 5.15 Å². The van der Waals surface area contributed by atoms with E-state index in [1.54, 1.807) is 6.92 Å². The van der Waals surface area contributed by atoms with Crippen LogP contribution in [0.4, 0.5) is 14.6 Å². The molecular weight excluding hydrogens is 262 g/mol. The summed E-state index contributed by atoms with van der Waals surface area (Å²) in [5.74, 6) is -1.57. The first kappa shape index (κ1) is 13.0. The number of anilines is 1. The molecule has 0 amide bonds. The topological polar surface area (TPSA) is 45.1 Å². The lowest BCUT2D eigenvalue weighted by Gasteiger charge is -2.14. The molecule has 0 bridgehead atoms. The van der Waals surface area contributed by atoms with E-state index in [0.29, 0.717) is 16.6 Å². The Hall–Kier alpha value is -1.46. The van der Waals surface area contributed by atoms with Crippen molar-refractivity contribution in [2.75, 3.05) is 11.9 Å². The van der Waals surface area contributed by atoms with Crippen LogP contribution in [0.1, 0.15) is 6.92 Å².